The molecular formula is C18H27N3O3. The molecular weight excluding hydrogens is 306 g/mol. The molecule has 2 heterocycles. The molecule has 3 atom stereocenters. The molecule has 2 fully saturated rings. The van der Waals surface area contributed by atoms with Gasteiger partial charge in [0.25, 0.3) is 0 Å². The SMILES string of the molecule is CCOC(=O)C1NNCC1CN1CCOC(Cc2ccccc2)C1. The van der Waals surface area contributed by atoms with E-state index in [9.17, 15) is 4.79 Å². The Balaban J connectivity index is 1.52. The topological polar surface area (TPSA) is 62.8 Å². The monoisotopic (exact) mass is 333 g/mol. The number of esters is 1. The van der Waals surface area contributed by atoms with Gasteiger partial charge in [0.2, 0.25) is 0 Å². The Morgan fingerprint density at radius 1 is 1.38 bits per heavy atom. The number of hydrogen-bond donors (Lipinski definition) is 2. The summed E-state index contributed by atoms with van der Waals surface area (Å²) in [6, 6.07) is 10.2. The van der Waals surface area contributed by atoms with Crippen LogP contribution in [0.2, 0.25) is 0 Å². The average Bonchev–Trinajstić information content (AvgIpc) is 3.04. The van der Waals surface area contributed by atoms with Gasteiger partial charge in [-0.15, -0.1) is 0 Å². The second-order valence-corrected chi connectivity index (χ2v) is 6.46. The maximum absolute atomic E-state index is 12.0. The number of morpholine rings is 1. The predicted molar refractivity (Wildman–Crippen MR) is 91.4 cm³/mol. The van der Waals surface area contributed by atoms with E-state index in [1.54, 1.807) is 0 Å². The van der Waals surface area contributed by atoms with Crippen molar-refractivity contribution in [3.63, 3.8) is 0 Å². The van der Waals surface area contributed by atoms with E-state index in [-0.39, 0.29) is 24.0 Å². The molecule has 0 aromatic heterocycles. The second kappa shape index (κ2) is 8.58. The third kappa shape index (κ3) is 4.54. The molecule has 1 aromatic carbocycles. The van der Waals surface area contributed by atoms with Gasteiger partial charge in [-0.1, -0.05) is 30.3 Å². The number of hydrazine groups is 1. The zero-order valence-electron chi connectivity index (χ0n) is 14.2. The van der Waals surface area contributed by atoms with E-state index in [0.29, 0.717) is 6.61 Å². The Kier molecular flexibility index (Phi) is 6.20. The molecule has 0 aliphatic carbocycles. The maximum atomic E-state index is 12.0. The third-order valence-corrected chi connectivity index (χ3v) is 4.66. The van der Waals surface area contributed by atoms with Crippen LogP contribution in [0, 0.1) is 5.92 Å². The van der Waals surface area contributed by atoms with Crippen molar-refractivity contribution >= 4 is 5.97 Å². The Morgan fingerprint density at radius 2 is 2.21 bits per heavy atom. The lowest BCUT2D eigenvalue weighted by Crippen LogP contribution is -2.48. The van der Waals surface area contributed by atoms with Crippen LogP contribution in [0.3, 0.4) is 0 Å². The van der Waals surface area contributed by atoms with Crippen LogP contribution < -0.4 is 10.9 Å². The number of nitrogens with zero attached hydrogens (tertiary/aromatic N) is 1. The molecule has 3 unspecified atom stereocenters. The minimum absolute atomic E-state index is 0.165. The number of carbonyl (C=O) groups is 1. The van der Waals surface area contributed by atoms with Crippen LogP contribution in [0.15, 0.2) is 30.3 Å². The first-order chi connectivity index (χ1) is 11.8. The lowest BCUT2D eigenvalue weighted by atomic mass is 10.00. The number of ether oxygens (including phenoxy) is 2. The standard InChI is InChI=1S/C18H27N3O3/c1-2-23-18(22)17-15(11-19-20-17)12-21-8-9-24-16(13-21)10-14-6-4-3-5-7-14/h3-7,15-17,19-20H,2,8-13H2,1H3. The Labute approximate surface area is 143 Å². The van der Waals surface area contributed by atoms with Crippen molar-refractivity contribution in [3.05, 3.63) is 35.9 Å². The van der Waals surface area contributed by atoms with Gasteiger partial charge in [-0.2, -0.15) is 0 Å². The molecule has 2 aliphatic heterocycles. The van der Waals surface area contributed by atoms with E-state index in [2.05, 4.69) is 40.0 Å². The van der Waals surface area contributed by atoms with Crippen molar-refractivity contribution in [3.8, 4) is 0 Å². The van der Waals surface area contributed by atoms with E-state index in [1.807, 2.05) is 13.0 Å². The van der Waals surface area contributed by atoms with E-state index in [1.165, 1.54) is 5.56 Å². The summed E-state index contributed by atoms with van der Waals surface area (Å²) < 4.78 is 11.1. The predicted octanol–water partition coefficient (Wildman–Crippen LogP) is 0.586. The number of benzene rings is 1. The van der Waals surface area contributed by atoms with Gasteiger partial charge in [-0.25, -0.2) is 5.43 Å². The quantitative estimate of drug-likeness (QED) is 0.743. The number of carbonyl (C=O) groups excluding carboxylic acids is 1. The first-order valence-corrected chi connectivity index (χ1v) is 8.79. The Bertz CT molecular complexity index is 526. The second-order valence-electron chi connectivity index (χ2n) is 6.46. The molecule has 24 heavy (non-hydrogen) atoms. The van der Waals surface area contributed by atoms with Crippen molar-refractivity contribution in [2.75, 3.05) is 39.4 Å². The summed E-state index contributed by atoms with van der Waals surface area (Å²) in [5.41, 5.74) is 7.45. The lowest BCUT2D eigenvalue weighted by molar-refractivity contribution is -0.146. The van der Waals surface area contributed by atoms with Crippen LogP contribution in [0.1, 0.15) is 12.5 Å². The molecule has 6 heteroatoms. The zero-order valence-corrected chi connectivity index (χ0v) is 14.2. The van der Waals surface area contributed by atoms with Crippen molar-refractivity contribution in [1.82, 2.24) is 15.8 Å². The van der Waals surface area contributed by atoms with Crippen molar-refractivity contribution < 1.29 is 14.3 Å². The fraction of sp³-hybridized carbons (Fsp3) is 0.611. The van der Waals surface area contributed by atoms with Gasteiger partial charge in [0, 0.05) is 32.1 Å². The molecule has 0 saturated carbocycles. The number of nitrogens with one attached hydrogen (secondary N) is 2. The molecule has 2 saturated heterocycles. The van der Waals surface area contributed by atoms with Crippen LogP contribution >= 0.6 is 0 Å². The van der Waals surface area contributed by atoms with Gasteiger partial charge in [0.1, 0.15) is 6.04 Å². The summed E-state index contributed by atoms with van der Waals surface area (Å²) in [6.07, 6.45) is 1.14. The molecule has 2 N–H and O–H groups in total. The molecule has 0 radical (unpaired) electrons. The highest BCUT2D eigenvalue weighted by atomic mass is 16.5. The number of hydrogen-bond acceptors (Lipinski definition) is 6. The molecule has 0 amide bonds. The Morgan fingerprint density at radius 3 is 3.00 bits per heavy atom. The van der Waals surface area contributed by atoms with Gasteiger partial charge in [0.15, 0.2) is 0 Å². The fourth-order valence-corrected chi connectivity index (χ4v) is 3.47. The molecule has 0 bridgehead atoms. The normalized spacial score (nSPS) is 28.0. The van der Waals surface area contributed by atoms with Crippen LogP contribution in [0.4, 0.5) is 0 Å². The van der Waals surface area contributed by atoms with Crippen LogP contribution in [0.5, 0.6) is 0 Å². The van der Waals surface area contributed by atoms with E-state index in [0.717, 1.165) is 39.2 Å². The fourth-order valence-electron chi connectivity index (χ4n) is 3.47. The lowest BCUT2D eigenvalue weighted by Gasteiger charge is -2.35. The minimum Gasteiger partial charge on any atom is -0.465 e. The van der Waals surface area contributed by atoms with Crippen molar-refractivity contribution in [2.24, 2.45) is 5.92 Å². The molecule has 2 aliphatic rings. The average molecular weight is 333 g/mol. The minimum atomic E-state index is -0.264. The summed E-state index contributed by atoms with van der Waals surface area (Å²) >= 11 is 0. The summed E-state index contributed by atoms with van der Waals surface area (Å²) in [6.45, 7) is 6.47. The molecule has 3 rings (SSSR count). The largest absolute Gasteiger partial charge is 0.465 e. The van der Waals surface area contributed by atoms with Gasteiger partial charge < -0.3 is 9.47 Å². The molecule has 6 nitrogen and oxygen atoms in total. The summed E-state index contributed by atoms with van der Waals surface area (Å²) in [4.78, 5) is 14.4. The van der Waals surface area contributed by atoms with Gasteiger partial charge in [0.05, 0.1) is 19.3 Å². The van der Waals surface area contributed by atoms with E-state index in [4.69, 9.17) is 9.47 Å². The van der Waals surface area contributed by atoms with Crippen molar-refractivity contribution in [1.29, 1.82) is 0 Å². The zero-order chi connectivity index (χ0) is 16.8. The first kappa shape index (κ1) is 17.4. The molecule has 1 aromatic rings. The summed E-state index contributed by atoms with van der Waals surface area (Å²) in [5.74, 6) is 0.0566. The summed E-state index contributed by atoms with van der Waals surface area (Å²) in [7, 11) is 0. The molecule has 0 spiro atoms. The Hall–Kier alpha value is -1.47. The highest BCUT2D eigenvalue weighted by Crippen LogP contribution is 2.16. The highest BCUT2D eigenvalue weighted by molar-refractivity contribution is 5.76. The van der Waals surface area contributed by atoms with Crippen LogP contribution in [0.25, 0.3) is 0 Å². The molecule has 132 valence electrons. The van der Waals surface area contributed by atoms with Crippen LogP contribution in [-0.2, 0) is 20.7 Å². The third-order valence-electron chi connectivity index (χ3n) is 4.66. The van der Waals surface area contributed by atoms with E-state index < -0.39 is 0 Å². The van der Waals surface area contributed by atoms with Gasteiger partial charge >= 0.3 is 5.97 Å². The van der Waals surface area contributed by atoms with Gasteiger partial charge in [-0.05, 0) is 18.9 Å². The highest BCUT2D eigenvalue weighted by Gasteiger charge is 2.35. The maximum Gasteiger partial charge on any atom is 0.324 e. The van der Waals surface area contributed by atoms with Gasteiger partial charge in [-0.3, -0.25) is 15.1 Å². The van der Waals surface area contributed by atoms with Crippen molar-refractivity contribution in [2.45, 2.75) is 25.5 Å². The van der Waals surface area contributed by atoms with E-state index >= 15 is 0 Å². The number of rotatable bonds is 6. The first-order valence-electron chi connectivity index (χ1n) is 8.79. The smallest absolute Gasteiger partial charge is 0.324 e. The van der Waals surface area contributed by atoms with Crippen LogP contribution in [-0.4, -0.2) is 62.4 Å². The summed E-state index contributed by atoms with van der Waals surface area (Å²) in [5, 5.41) is 0.